The first kappa shape index (κ1) is 15.1. The molecule has 0 aromatic heterocycles. The van der Waals surface area contributed by atoms with Gasteiger partial charge in [0.25, 0.3) is 11.8 Å². The Hall–Kier alpha value is -1.95. The van der Waals surface area contributed by atoms with Crippen LogP contribution in [-0.2, 0) is 4.79 Å². The van der Waals surface area contributed by atoms with Gasteiger partial charge < -0.3 is 5.73 Å². The zero-order valence-electron chi connectivity index (χ0n) is 10.9. The number of rotatable bonds is 4. The van der Waals surface area contributed by atoms with Crippen molar-refractivity contribution in [2.24, 2.45) is 11.7 Å². The third-order valence-electron chi connectivity index (χ3n) is 2.97. The van der Waals surface area contributed by atoms with E-state index in [0.29, 0.717) is 0 Å². The van der Waals surface area contributed by atoms with Gasteiger partial charge in [0, 0.05) is 5.56 Å². The maximum absolute atomic E-state index is 12.7. The standard InChI is InChI=1S/C13H18FN3O2/c1-3-8(2)11(15)13(19)17-16-12(18)9-4-6-10(14)7-5-9/h4-8,11H,3,15H2,1-2H3,(H,16,18)(H,17,19)/t8?,11-/m0/s1. The Kier molecular flexibility index (Phi) is 5.44. The second-order valence-electron chi connectivity index (χ2n) is 4.36. The zero-order valence-corrected chi connectivity index (χ0v) is 10.9. The van der Waals surface area contributed by atoms with Gasteiger partial charge in [-0.15, -0.1) is 0 Å². The summed E-state index contributed by atoms with van der Waals surface area (Å²) in [5.74, 6) is -1.39. The van der Waals surface area contributed by atoms with E-state index in [-0.39, 0.29) is 11.5 Å². The lowest BCUT2D eigenvalue weighted by Gasteiger charge is -2.17. The monoisotopic (exact) mass is 267 g/mol. The van der Waals surface area contributed by atoms with E-state index in [1.807, 2.05) is 13.8 Å². The number of hydrogen-bond donors (Lipinski definition) is 3. The summed E-state index contributed by atoms with van der Waals surface area (Å²) < 4.78 is 12.7. The van der Waals surface area contributed by atoms with Crippen LogP contribution in [0.25, 0.3) is 0 Å². The first-order valence-corrected chi connectivity index (χ1v) is 6.07. The molecule has 0 aliphatic heterocycles. The molecule has 1 unspecified atom stereocenters. The van der Waals surface area contributed by atoms with E-state index in [9.17, 15) is 14.0 Å². The molecule has 104 valence electrons. The summed E-state index contributed by atoms with van der Waals surface area (Å²) in [5, 5.41) is 0. The van der Waals surface area contributed by atoms with Crippen molar-refractivity contribution in [3.8, 4) is 0 Å². The molecule has 5 nitrogen and oxygen atoms in total. The van der Waals surface area contributed by atoms with E-state index in [4.69, 9.17) is 5.73 Å². The SMILES string of the molecule is CCC(C)[C@H](N)C(=O)NNC(=O)c1ccc(F)cc1. The Bertz CT molecular complexity index is 448. The van der Waals surface area contributed by atoms with E-state index >= 15 is 0 Å². The van der Waals surface area contributed by atoms with Gasteiger partial charge in [0.15, 0.2) is 0 Å². The minimum Gasteiger partial charge on any atom is -0.320 e. The number of hydrogen-bond acceptors (Lipinski definition) is 3. The number of amides is 2. The molecule has 4 N–H and O–H groups in total. The van der Waals surface area contributed by atoms with Crippen molar-refractivity contribution in [3.05, 3.63) is 35.6 Å². The summed E-state index contributed by atoms with van der Waals surface area (Å²) >= 11 is 0. The molecule has 0 saturated heterocycles. The fourth-order valence-corrected chi connectivity index (χ4v) is 1.39. The molecule has 0 saturated carbocycles. The molecular formula is C13H18FN3O2. The van der Waals surface area contributed by atoms with Crippen molar-refractivity contribution in [2.45, 2.75) is 26.3 Å². The molecule has 1 rings (SSSR count). The van der Waals surface area contributed by atoms with Crippen molar-refractivity contribution < 1.29 is 14.0 Å². The van der Waals surface area contributed by atoms with Gasteiger partial charge >= 0.3 is 0 Å². The summed E-state index contributed by atoms with van der Waals surface area (Å²) in [5.41, 5.74) is 10.4. The third-order valence-corrected chi connectivity index (χ3v) is 2.97. The number of nitrogens with one attached hydrogen (secondary N) is 2. The molecule has 19 heavy (non-hydrogen) atoms. The van der Waals surface area contributed by atoms with Gasteiger partial charge in [0.2, 0.25) is 0 Å². The van der Waals surface area contributed by atoms with E-state index in [2.05, 4.69) is 10.9 Å². The lowest BCUT2D eigenvalue weighted by atomic mass is 10.00. The maximum Gasteiger partial charge on any atom is 0.269 e. The Morgan fingerprint density at radius 2 is 1.84 bits per heavy atom. The molecule has 0 radical (unpaired) electrons. The van der Waals surface area contributed by atoms with Crippen LogP contribution in [0.3, 0.4) is 0 Å². The van der Waals surface area contributed by atoms with E-state index in [0.717, 1.165) is 6.42 Å². The highest BCUT2D eigenvalue weighted by Crippen LogP contribution is 2.05. The molecule has 0 aliphatic carbocycles. The van der Waals surface area contributed by atoms with E-state index in [1.54, 1.807) is 0 Å². The summed E-state index contributed by atoms with van der Waals surface area (Å²) in [6.07, 6.45) is 0.764. The second-order valence-corrected chi connectivity index (χ2v) is 4.36. The van der Waals surface area contributed by atoms with Gasteiger partial charge in [-0.1, -0.05) is 20.3 Å². The summed E-state index contributed by atoms with van der Waals surface area (Å²) in [7, 11) is 0. The van der Waals surface area contributed by atoms with Crippen molar-refractivity contribution in [2.75, 3.05) is 0 Å². The molecule has 0 aliphatic rings. The number of halogens is 1. The van der Waals surface area contributed by atoms with Gasteiger partial charge in [-0.3, -0.25) is 20.4 Å². The molecule has 2 amide bonds. The molecule has 1 aromatic rings. The van der Waals surface area contributed by atoms with Crippen LogP contribution < -0.4 is 16.6 Å². The quantitative estimate of drug-likeness (QED) is 0.710. The third kappa shape index (κ3) is 4.33. The second kappa shape index (κ2) is 6.84. The summed E-state index contributed by atoms with van der Waals surface area (Å²) in [6.45, 7) is 3.78. The Morgan fingerprint density at radius 3 is 2.37 bits per heavy atom. The van der Waals surface area contributed by atoms with Crippen LogP contribution >= 0.6 is 0 Å². The van der Waals surface area contributed by atoms with E-state index in [1.165, 1.54) is 24.3 Å². The molecule has 0 spiro atoms. The molecular weight excluding hydrogens is 249 g/mol. The molecule has 6 heteroatoms. The van der Waals surface area contributed by atoms with Crippen molar-refractivity contribution >= 4 is 11.8 Å². The van der Waals surface area contributed by atoms with Gasteiger partial charge in [-0.25, -0.2) is 4.39 Å². The Labute approximate surface area is 111 Å². The first-order valence-electron chi connectivity index (χ1n) is 6.07. The lowest BCUT2D eigenvalue weighted by Crippen LogP contribution is -2.51. The van der Waals surface area contributed by atoms with Crippen LogP contribution in [0, 0.1) is 11.7 Å². The van der Waals surface area contributed by atoms with Crippen LogP contribution in [-0.4, -0.2) is 17.9 Å². The van der Waals surface area contributed by atoms with Gasteiger partial charge in [-0.2, -0.15) is 0 Å². The highest BCUT2D eigenvalue weighted by atomic mass is 19.1. The van der Waals surface area contributed by atoms with Gasteiger partial charge in [0.05, 0.1) is 6.04 Å². The van der Waals surface area contributed by atoms with Crippen LogP contribution in [0.4, 0.5) is 4.39 Å². The predicted molar refractivity (Wildman–Crippen MR) is 69.4 cm³/mol. The largest absolute Gasteiger partial charge is 0.320 e. The number of carbonyl (C=O) groups excluding carboxylic acids is 2. The summed E-state index contributed by atoms with van der Waals surface area (Å²) in [6, 6.07) is 4.30. The number of nitrogens with two attached hydrogens (primary N) is 1. The molecule has 0 fully saturated rings. The summed E-state index contributed by atoms with van der Waals surface area (Å²) in [4.78, 5) is 23.3. The molecule has 0 bridgehead atoms. The lowest BCUT2D eigenvalue weighted by molar-refractivity contribution is -0.124. The van der Waals surface area contributed by atoms with Crippen LogP contribution in [0.5, 0.6) is 0 Å². The fraction of sp³-hybridized carbons (Fsp3) is 0.385. The van der Waals surface area contributed by atoms with Crippen molar-refractivity contribution in [3.63, 3.8) is 0 Å². The zero-order chi connectivity index (χ0) is 14.4. The Morgan fingerprint density at radius 1 is 1.26 bits per heavy atom. The maximum atomic E-state index is 12.7. The smallest absolute Gasteiger partial charge is 0.269 e. The van der Waals surface area contributed by atoms with Crippen LogP contribution in [0.15, 0.2) is 24.3 Å². The van der Waals surface area contributed by atoms with Gasteiger partial charge in [0.1, 0.15) is 5.82 Å². The van der Waals surface area contributed by atoms with Crippen molar-refractivity contribution in [1.29, 1.82) is 0 Å². The average molecular weight is 267 g/mol. The van der Waals surface area contributed by atoms with Crippen LogP contribution in [0.1, 0.15) is 30.6 Å². The van der Waals surface area contributed by atoms with E-state index < -0.39 is 23.7 Å². The predicted octanol–water partition coefficient (Wildman–Crippen LogP) is 0.960. The minimum atomic E-state index is -0.682. The molecule has 0 heterocycles. The average Bonchev–Trinajstić information content (AvgIpc) is 2.43. The Balaban J connectivity index is 2.50. The highest BCUT2D eigenvalue weighted by Gasteiger charge is 2.19. The van der Waals surface area contributed by atoms with Crippen LogP contribution in [0.2, 0.25) is 0 Å². The molecule has 2 atom stereocenters. The van der Waals surface area contributed by atoms with Gasteiger partial charge in [-0.05, 0) is 30.2 Å². The minimum absolute atomic E-state index is 0.0164. The topological polar surface area (TPSA) is 84.2 Å². The highest BCUT2D eigenvalue weighted by molar-refractivity contribution is 5.95. The first-order chi connectivity index (χ1) is 8.95. The number of hydrazine groups is 1. The normalized spacial score (nSPS) is 13.5. The molecule has 1 aromatic carbocycles. The fourth-order valence-electron chi connectivity index (χ4n) is 1.39. The number of carbonyl (C=O) groups is 2. The number of benzene rings is 1. The van der Waals surface area contributed by atoms with Crippen molar-refractivity contribution in [1.82, 2.24) is 10.9 Å².